The zero-order valence-electron chi connectivity index (χ0n) is 15.5. The molecule has 6 nitrogen and oxygen atoms in total. The third-order valence-electron chi connectivity index (χ3n) is 6.50. The van der Waals surface area contributed by atoms with Crippen molar-refractivity contribution in [3.8, 4) is 0 Å². The first-order chi connectivity index (χ1) is 12.1. The van der Waals surface area contributed by atoms with Gasteiger partial charge in [0.15, 0.2) is 0 Å². The molecular formula is C19H30N4O2. The molecule has 0 aromatic carbocycles. The number of rotatable bonds is 3. The molecule has 2 saturated heterocycles. The summed E-state index contributed by atoms with van der Waals surface area (Å²) in [6, 6.07) is 0. The molecule has 1 aliphatic carbocycles. The van der Waals surface area contributed by atoms with Crippen molar-refractivity contribution in [3.05, 3.63) is 17.5 Å². The Balaban J connectivity index is 1.44. The topological polar surface area (TPSA) is 50.6 Å². The van der Waals surface area contributed by atoms with Gasteiger partial charge in [-0.2, -0.15) is 5.10 Å². The molecule has 1 saturated carbocycles. The number of aryl methyl sites for hydroxylation is 2. The smallest absolute Gasteiger partial charge is 0.226 e. The van der Waals surface area contributed by atoms with Crippen LogP contribution in [-0.4, -0.2) is 64.9 Å². The molecule has 0 radical (unpaired) electrons. The molecule has 138 valence electrons. The lowest BCUT2D eigenvalue weighted by Gasteiger charge is -2.36. The van der Waals surface area contributed by atoms with E-state index in [1.165, 1.54) is 18.4 Å². The Morgan fingerprint density at radius 2 is 2.12 bits per heavy atom. The minimum Gasteiger partial charge on any atom is -0.378 e. The summed E-state index contributed by atoms with van der Waals surface area (Å²) in [6.45, 7) is 8.12. The number of carbonyl (C=O) groups is 1. The number of aromatic nitrogens is 2. The van der Waals surface area contributed by atoms with Gasteiger partial charge >= 0.3 is 0 Å². The molecule has 2 aliphatic heterocycles. The molecule has 3 heterocycles. The number of amides is 1. The number of hydrogen-bond acceptors (Lipinski definition) is 4. The number of hydrogen-bond donors (Lipinski definition) is 0. The van der Waals surface area contributed by atoms with Crippen LogP contribution in [0.4, 0.5) is 0 Å². The maximum atomic E-state index is 13.1. The van der Waals surface area contributed by atoms with Crippen molar-refractivity contribution in [3.63, 3.8) is 0 Å². The summed E-state index contributed by atoms with van der Waals surface area (Å²) < 4.78 is 7.32. The first kappa shape index (κ1) is 17.0. The van der Waals surface area contributed by atoms with Gasteiger partial charge in [-0.1, -0.05) is 6.42 Å². The Bertz CT molecular complexity index is 637. The number of nitrogens with zero attached hydrogens (tertiary/aromatic N) is 4. The molecule has 3 aliphatic rings. The predicted molar refractivity (Wildman–Crippen MR) is 95.0 cm³/mol. The minimum absolute atomic E-state index is 0.200. The Labute approximate surface area is 150 Å². The van der Waals surface area contributed by atoms with E-state index in [1.54, 1.807) is 0 Å². The van der Waals surface area contributed by atoms with Crippen molar-refractivity contribution in [2.75, 3.05) is 39.4 Å². The van der Waals surface area contributed by atoms with Crippen molar-refractivity contribution in [2.24, 2.45) is 18.4 Å². The van der Waals surface area contributed by atoms with Gasteiger partial charge in [0.25, 0.3) is 0 Å². The number of likely N-dealkylation sites (tertiary alicyclic amines) is 1. The molecule has 1 amide bonds. The third kappa shape index (κ3) is 3.22. The van der Waals surface area contributed by atoms with Crippen molar-refractivity contribution < 1.29 is 9.53 Å². The van der Waals surface area contributed by atoms with Gasteiger partial charge in [0.1, 0.15) is 0 Å². The average Bonchev–Trinajstić information content (AvgIpc) is 3.29. The van der Waals surface area contributed by atoms with Crippen LogP contribution in [0.5, 0.6) is 0 Å². The highest BCUT2D eigenvalue weighted by atomic mass is 16.5. The Kier molecular flexibility index (Phi) is 4.58. The zero-order valence-corrected chi connectivity index (χ0v) is 15.5. The number of ether oxygens (including phenoxy) is 1. The Hall–Kier alpha value is -1.40. The molecule has 2 atom stereocenters. The van der Waals surface area contributed by atoms with Gasteiger partial charge in [0.05, 0.1) is 18.9 Å². The van der Waals surface area contributed by atoms with Gasteiger partial charge in [-0.25, -0.2) is 0 Å². The summed E-state index contributed by atoms with van der Waals surface area (Å²) in [5, 5.41) is 4.46. The summed E-state index contributed by atoms with van der Waals surface area (Å²) in [5.41, 5.74) is 2.63. The highest BCUT2D eigenvalue weighted by Gasteiger charge is 2.51. The fourth-order valence-corrected chi connectivity index (χ4v) is 5.18. The summed E-state index contributed by atoms with van der Waals surface area (Å²) in [7, 11) is 1.98. The maximum Gasteiger partial charge on any atom is 0.226 e. The summed E-state index contributed by atoms with van der Waals surface area (Å²) in [5.74, 6) is 0.603. The SMILES string of the molecule is Cc1nn(C)cc1CN1CC[C@]2(CCC[C@@H]2C(=O)N2CCOCC2)C1. The molecule has 4 rings (SSSR count). The van der Waals surface area contributed by atoms with Crippen LogP contribution in [0.1, 0.15) is 36.9 Å². The predicted octanol–water partition coefficient (Wildman–Crippen LogP) is 1.58. The van der Waals surface area contributed by atoms with E-state index in [-0.39, 0.29) is 11.3 Å². The molecule has 0 N–H and O–H groups in total. The lowest BCUT2D eigenvalue weighted by Crippen LogP contribution is -2.47. The Morgan fingerprint density at radius 3 is 2.84 bits per heavy atom. The lowest BCUT2D eigenvalue weighted by atomic mass is 9.76. The second-order valence-corrected chi connectivity index (χ2v) is 8.12. The van der Waals surface area contributed by atoms with Crippen LogP contribution in [0.25, 0.3) is 0 Å². The molecule has 0 bridgehead atoms. The summed E-state index contributed by atoms with van der Waals surface area (Å²) >= 11 is 0. The standard InChI is InChI=1S/C19H30N4O2/c1-15-16(12-21(2)20-15)13-22-7-6-19(14-22)5-3-4-17(19)18(24)23-8-10-25-11-9-23/h12,17H,3-11,13-14H2,1-2H3/t17-,19-/m1/s1. The van der Waals surface area contributed by atoms with E-state index in [1.807, 2.05) is 11.7 Å². The van der Waals surface area contributed by atoms with E-state index in [2.05, 4.69) is 28.0 Å². The van der Waals surface area contributed by atoms with Crippen molar-refractivity contribution in [1.29, 1.82) is 0 Å². The number of morpholine rings is 1. The monoisotopic (exact) mass is 346 g/mol. The van der Waals surface area contributed by atoms with Crippen molar-refractivity contribution in [1.82, 2.24) is 19.6 Å². The lowest BCUT2D eigenvalue weighted by molar-refractivity contribution is -0.143. The maximum absolute atomic E-state index is 13.1. The normalized spacial score (nSPS) is 30.5. The quantitative estimate of drug-likeness (QED) is 0.834. The van der Waals surface area contributed by atoms with Gasteiger partial charge in [-0.15, -0.1) is 0 Å². The van der Waals surface area contributed by atoms with Gasteiger partial charge in [-0.3, -0.25) is 14.4 Å². The number of carbonyl (C=O) groups excluding carboxylic acids is 1. The molecular weight excluding hydrogens is 316 g/mol. The van der Waals surface area contributed by atoms with Gasteiger partial charge in [0.2, 0.25) is 5.91 Å². The second kappa shape index (κ2) is 6.72. The van der Waals surface area contributed by atoms with Crippen LogP contribution in [-0.2, 0) is 23.1 Å². The van der Waals surface area contributed by atoms with Gasteiger partial charge in [0, 0.05) is 50.9 Å². The fraction of sp³-hybridized carbons (Fsp3) is 0.789. The van der Waals surface area contributed by atoms with Crippen molar-refractivity contribution >= 4 is 5.91 Å². The average molecular weight is 346 g/mol. The summed E-state index contributed by atoms with van der Waals surface area (Å²) in [4.78, 5) is 17.7. The molecule has 6 heteroatoms. The van der Waals surface area contributed by atoms with Gasteiger partial charge < -0.3 is 9.64 Å². The Morgan fingerprint density at radius 1 is 1.32 bits per heavy atom. The van der Waals surface area contributed by atoms with E-state index < -0.39 is 0 Å². The summed E-state index contributed by atoms with van der Waals surface area (Å²) in [6.07, 6.45) is 6.76. The van der Waals surface area contributed by atoms with E-state index in [0.29, 0.717) is 19.1 Å². The molecule has 3 fully saturated rings. The van der Waals surface area contributed by atoms with E-state index in [0.717, 1.165) is 51.3 Å². The van der Waals surface area contributed by atoms with Crippen LogP contribution in [0, 0.1) is 18.3 Å². The first-order valence-corrected chi connectivity index (χ1v) is 9.65. The molecule has 25 heavy (non-hydrogen) atoms. The van der Waals surface area contributed by atoms with E-state index in [4.69, 9.17) is 4.74 Å². The van der Waals surface area contributed by atoms with E-state index >= 15 is 0 Å². The molecule has 1 aromatic rings. The molecule has 1 spiro atoms. The second-order valence-electron chi connectivity index (χ2n) is 8.12. The fourth-order valence-electron chi connectivity index (χ4n) is 5.18. The van der Waals surface area contributed by atoms with E-state index in [9.17, 15) is 4.79 Å². The highest BCUT2D eigenvalue weighted by Crippen LogP contribution is 2.50. The van der Waals surface area contributed by atoms with Gasteiger partial charge in [-0.05, 0) is 38.1 Å². The van der Waals surface area contributed by atoms with Crippen LogP contribution in [0.15, 0.2) is 6.20 Å². The molecule has 0 unspecified atom stereocenters. The van der Waals surface area contributed by atoms with Crippen molar-refractivity contribution in [2.45, 2.75) is 39.2 Å². The minimum atomic E-state index is 0.200. The zero-order chi connectivity index (χ0) is 17.4. The molecule has 1 aromatic heterocycles. The van der Waals surface area contributed by atoms with Crippen LogP contribution < -0.4 is 0 Å². The van der Waals surface area contributed by atoms with Crippen LogP contribution in [0.2, 0.25) is 0 Å². The largest absolute Gasteiger partial charge is 0.378 e. The highest BCUT2D eigenvalue weighted by molar-refractivity contribution is 5.80. The third-order valence-corrected chi connectivity index (χ3v) is 6.50. The van der Waals surface area contributed by atoms with Crippen LogP contribution in [0.3, 0.4) is 0 Å². The van der Waals surface area contributed by atoms with Crippen LogP contribution >= 0.6 is 0 Å². The first-order valence-electron chi connectivity index (χ1n) is 9.65.